The first kappa shape index (κ1) is 10.5. The van der Waals surface area contributed by atoms with Crippen molar-refractivity contribution in [2.45, 2.75) is 31.6 Å². The number of hydrogen-bond acceptors (Lipinski definition) is 3. The molecule has 1 unspecified atom stereocenters. The third kappa shape index (κ3) is 2.34. The number of aromatic nitrogens is 1. The average Bonchev–Trinajstić information content (AvgIpc) is 2.67. The van der Waals surface area contributed by atoms with Crippen LogP contribution >= 0.6 is 0 Å². The van der Waals surface area contributed by atoms with Crippen LogP contribution in [-0.4, -0.2) is 18.1 Å². The fraction of sp³-hybridized carbons (Fsp3) is 0.700. The Labute approximate surface area is 86.9 Å². The molecule has 84 valence electrons. The number of piperidine rings is 1. The van der Waals surface area contributed by atoms with E-state index in [2.05, 4.69) is 10.3 Å². The zero-order valence-corrected chi connectivity index (χ0v) is 8.59. The lowest BCUT2D eigenvalue weighted by Gasteiger charge is -2.19. The Morgan fingerprint density at radius 1 is 1.60 bits per heavy atom. The van der Waals surface area contributed by atoms with Crippen molar-refractivity contribution >= 4 is 0 Å². The Morgan fingerprint density at radius 3 is 2.93 bits per heavy atom. The normalized spacial score (nSPS) is 23.0. The molecule has 2 heterocycles. The van der Waals surface area contributed by atoms with Crippen LogP contribution in [0.4, 0.5) is 8.78 Å². The summed E-state index contributed by atoms with van der Waals surface area (Å²) in [4.78, 5) is 3.92. The van der Waals surface area contributed by atoms with Gasteiger partial charge in [0.05, 0.1) is 6.20 Å². The van der Waals surface area contributed by atoms with Gasteiger partial charge >= 0.3 is 5.92 Å². The Bertz CT molecular complexity index is 326. The van der Waals surface area contributed by atoms with Crippen LogP contribution < -0.4 is 5.32 Å². The van der Waals surface area contributed by atoms with Gasteiger partial charge in [0.25, 0.3) is 0 Å². The molecular weight excluding hydrogens is 202 g/mol. The van der Waals surface area contributed by atoms with Gasteiger partial charge in [0.1, 0.15) is 0 Å². The molecule has 15 heavy (non-hydrogen) atoms. The molecule has 3 nitrogen and oxygen atoms in total. The third-order valence-corrected chi connectivity index (χ3v) is 2.60. The first-order valence-corrected chi connectivity index (χ1v) is 5.12. The summed E-state index contributed by atoms with van der Waals surface area (Å²) >= 11 is 0. The largest absolute Gasteiger partial charge is 0.439 e. The highest BCUT2D eigenvalue weighted by atomic mass is 19.3. The van der Waals surface area contributed by atoms with E-state index in [0.717, 1.165) is 39.1 Å². The summed E-state index contributed by atoms with van der Waals surface area (Å²) in [6.07, 6.45) is 3.11. The number of rotatable bonds is 2. The highest BCUT2D eigenvalue weighted by Gasteiger charge is 2.31. The van der Waals surface area contributed by atoms with Gasteiger partial charge in [-0.25, -0.2) is 4.98 Å². The Morgan fingerprint density at radius 2 is 2.40 bits per heavy atom. The molecule has 1 aliphatic heterocycles. The van der Waals surface area contributed by atoms with E-state index in [1.54, 1.807) is 0 Å². The summed E-state index contributed by atoms with van der Waals surface area (Å²) in [5, 5.41) is 3.19. The van der Waals surface area contributed by atoms with Gasteiger partial charge in [0, 0.05) is 19.4 Å². The number of alkyl halides is 2. The maximum Gasteiger partial charge on any atom is 0.303 e. The summed E-state index contributed by atoms with van der Waals surface area (Å²) in [5.41, 5.74) is 0. The molecule has 5 heteroatoms. The highest BCUT2D eigenvalue weighted by Crippen LogP contribution is 2.30. The van der Waals surface area contributed by atoms with Crippen LogP contribution in [0, 0.1) is 0 Å². The Hall–Kier alpha value is -0.970. The van der Waals surface area contributed by atoms with Crippen molar-refractivity contribution in [1.82, 2.24) is 10.3 Å². The molecule has 1 N–H and O–H groups in total. The van der Waals surface area contributed by atoms with E-state index in [1.807, 2.05) is 0 Å². The van der Waals surface area contributed by atoms with Gasteiger partial charge in [-0.3, -0.25) is 0 Å². The maximum absolute atomic E-state index is 12.9. The van der Waals surface area contributed by atoms with Crippen LogP contribution in [0.5, 0.6) is 0 Å². The predicted molar refractivity (Wildman–Crippen MR) is 50.9 cm³/mol. The zero-order chi connectivity index (χ0) is 10.9. The van der Waals surface area contributed by atoms with Gasteiger partial charge in [-0.15, -0.1) is 0 Å². The minimum atomic E-state index is -2.94. The Kier molecular flexibility index (Phi) is 2.73. The second-order valence-electron chi connectivity index (χ2n) is 3.99. The van der Waals surface area contributed by atoms with Crippen molar-refractivity contribution in [3.63, 3.8) is 0 Å². The van der Waals surface area contributed by atoms with Crippen LogP contribution in [0.1, 0.15) is 37.3 Å². The predicted octanol–water partition coefficient (Wildman–Crippen LogP) is 2.25. The summed E-state index contributed by atoms with van der Waals surface area (Å²) in [6.45, 7) is 2.56. The molecule has 1 fully saturated rings. The van der Waals surface area contributed by atoms with E-state index in [9.17, 15) is 8.78 Å². The molecule has 0 radical (unpaired) electrons. The number of halogens is 2. The van der Waals surface area contributed by atoms with Crippen molar-refractivity contribution in [2.24, 2.45) is 0 Å². The van der Waals surface area contributed by atoms with E-state index in [-0.39, 0.29) is 11.7 Å². The quantitative estimate of drug-likeness (QED) is 0.824. The summed E-state index contributed by atoms with van der Waals surface area (Å²) in [7, 11) is 0. The molecule has 0 aliphatic carbocycles. The SMILES string of the molecule is CC(F)(F)c1cnc(C2CCCNC2)o1. The van der Waals surface area contributed by atoms with E-state index < -0.39 is 5.92 Å². The van der Waals surface area contributed by atoms with Gasteiger partial charge in [-0.1, -0.05) is 0 Å². The number of hydrogen-bond donors (Lipinski definition) is 1. The molecule has 1 aromatic rings. The van der Waals surface area contributed by atoms with Gasteiger partial charge in [0.15, 0.2) is 11.7 Å². The number of nitrogens with one attached hydrogen (secondary N) is 1. The van der Waals surface area contributed by atoms with E-state index in [0.29, 0.717) is 5.89 Å². The molecule has 1 saturated heterocycles. The number of nitrogens with zero attached hydrogens (tertiary/aromatic N) is 1. The molecule has 0 aromatic carbocycles. The first-order chi connectivity index (χ1) is 7.07. The summed E-state index contributed by atoms with van der Waals surface area (Å²) < 4.78 is 30.9. The lowest BCUT2D eigenvalue weighted by atomic mass is 10.00. The minimum absolute atomic E-state index is 0.134. The third-order valence-electron chi connectivity index (χ3n) is 2.60. The van der Waals surface area contributed by atoms with Gasteiger partial charge < -0.3 is 9.73 Å². The van der Waals surface area contributed by atoms with Gasteiger partial charge in [-0.2, -0.15) is 8.78 Å². The van der Waals surface area contributed by atoms with Crippen LogP contribution in [0.3, 0.4) is 0 Å². The second-order valence-corrected chi connectivity index (χ2v) is 3.99. The van der Waals surface area contributed by atoms with E-state index in [4.69, 9.17) is 4.42 Å². The standard InChI is InChI=1S/C10H14F2N2O/c1-10(11,12)8-6-14-9(15-8)7-3-2-4-13-5-7/h6-7,13H,2-5H2,1H3. The molecule has 2 rings (SSSR count). The average molecular weight is 216 g/mol. The van der Waals surface area contributed by atoms with Crippen molar-refractivity contribution in [2.75, 3.05) is 13.1 Å². The molecule has 0 saturated carbocycles. The lowest BCUT2D eigenvalue weighted by Crippen LogP contribution is -2.28. The fourth-order valence-corrected chi connectivity index (χ4v) is 1.74. The molecule has 1 atom stereocenters. The fourth-order valence-electron chi connectivity index (χ4n) is 1.74. The van der Waals surface area contributed by atoms with Crippen molar-refractivity contribution < 1.29 is 13.2 Å². The molecule has 0 amide bonds. The van der Waals surface area contributed by atoms with Crippen LogP contribution in [0.25, 0.3) is 0 Å². The minimum Gasteiger partial charge on any atom is -0.439 e. The lowest BCUT2D eigenvalue weighted by molar-refractivity contribution is -0.00671. The Balaban J connectivity index is 2.12. The zero-order valence-electron chi connectivity index (χ0n) is 8.59. The molecule has 0 spiro atoms. The number of oxazole rings is 1. The van der Waals surface area contributed by atoms with Crippen LogP contribution in [-0.2, 0) is 5.92 Å². The second kappa shape index (κ2) is 3.89. The van der Waals surface area contributed by atoms with Crippen molar-refractivity contribution in [3.05, 3.63) is 17.8 Å². The molecular formula is C10H14F2N2O. The van der Waals surface area contributed by atoms with Crippen LogP contribution in [0.2, 0.25) is 0 Å². The van der Waals surface area contributed by atoms with Crippen LogP contribution in [0.15, 0.2) is 10.6 Å². The summed E-state index contributed by atoms with van der Waals surface area (Å²) in [6, 6.07) is 0. The highest BCUT2D eigenvalue weighted by molar-refractivity contribution is 5.04. The maximum atomic E-state index is 12.9. The van der Waals surface area contributed by atoms with E-state index >= 15 is 0 Å². The monoisotopic (exact) mass is 216 g/mol. The molecule has 1 aromatic heterocycles. The van der Waals surface area contributed by atoms with Gasteiger partial charge in [0.2, 0.25) is 0 Å². The smallest absolute Gasteiger partial charge is 0.303 e. The molecule has 1 aliphatic rings. The van der Waals surface area contributed by atoms with Gasteiger partial charge in [-0.05, 0) is 19.4 Å². The summed E-state index contributed by atoms with van der Waals surface area (Å²) in [5.74, 6) is -2.72. The topological polar surface area (TPSA) is 38.1 Å². The van der Waals surface area contributed by atoms with Crippen molar-refractivity contribution in [3.8, 4) is 0 Å². The first-order valence-electron chi connectivity index (χ1n) is 5.12. The molecule has 0 bridgehead atoms. The van der Waals surface area contributed by atoms with Crippen molar-refractivity contribution in [1.29, 1.82) is 0 Å². The van der Waals surface area contributed by atoms with E-state index in [1.165, 1.54) is 0 Å².